The van der Waals surface area contributed by atoms with E-state index in [1.165, 1.54) is 0 Å². The maximum absolute atomic E-state index is 11.7. The third kappa shape index (κ3) is 2.60. The van der Waals surface area contributed by atoms with Crippen LogP contribution in [0.25, 0.3) is 0 Å². The van der Waals surface area contributed by atoms with E-state index in [0.717, 1.165) is 17.1 Å². The molecule has 0 spiro atoms. The number of benzene rings is 2. The first-order valence-corrected chi connectivity index (χ1v) is 6.12. The first-order chi connectivity index (χ1) is 9.15. The van der Waals surface area contributed by atoms with E-state index in [9.17, 15) is 4.79 Å². The van der Waals surface area contributed by atoms with E-state index in [4.69, 9.17) is 4.74 Å². The third-order valence-electron chi connectivity index (χ3n) is 3.09. The SMILES string of the molecule is COc1ccccc1N(C)c1ccccc1C(C)=O. The standard InChI is InChI=1S/C16H17NO2/c1-12(18)13-8-4-5-9-14(13)17(2)15-10-6-7-11-16(15)19-3/h4-11H,1-3H3. The molecule has 0 atom stereocenters. The second-order valence-electron chi connectivity index (χ2n) is 4.30. The Balaban J connectivity index is 2.50. The van der Waals surface area contributed by atoms with Crippen molar-refractivity contribution in [2.45, 2.75) is 6.92 Å². The lowest BCUT2D eigenvalue weighted by molar-refractivity contribution is 0.101. The summed E-state index contributed by atoms with van der Waals surface area (Å²) in [5, 5.41) is 0. The molecule has 3 heteroatoms. The van der Waals surface area contributed by atoms with Gasteiger partial charge in [0.1, 0.15) is 5.75 Å². The molecule has 2 rings (SSSR count). The summed E-state index contributed by atoms with van der Waals surface area (Å²) in [5.41, 5.74) is 2.51. The number of hydrogen-bond donors (Lipinski definition) is 0. The molecule has 0 saturated heterocycles. The molecule has 0 aromatic heterocycles. The van der Waals surface area contributed by atoms with Gasteiger partial charge in [0.15, 0.2) is 5.78 Å². The number of ether oxygens (including phenoxy) is 1. The van der Waals surface area contributed by atoms with Gasteiger partial charge in [-0.3, -0.25) is 4.79 Å². The van der Waals surface area contributed by atoms with Gasteiger partial charge in [-0.25, -0.2) is 0 Å². The zero-order valence-corrected chi connectivity index (χ0v) is 11.4. The molecule has 0 aliphatic rings. The molecule has 0 bridgehead atoms. The van der Waals surface area contributed by atoms with Crippen LogP contribution in [0.1, 0.15) is 17.3 Å². The Bertz CT molecular complexity index is 593. The van der Waals surface area contributed by atoms with Gasteiger partial charge in [-0.05, 0) is 31.2 Å². The molecular weight excluding hydrogens is 238 g/mol. The lowest BCUT2D eigenvalue weighted by Crippen LogP contribution is -2.14. The highest BCUT2D eigenvalue weighted by Crippen LogP contribution is 2.33. The Morgan fingerprint density at radius 2 is 1.58 bits per heavy atom. The van der Waals surface area contributed by atoms with E-state index in [1.54, 1.807) is 14.0 Å². The topological polar surface area (TPSA) is 29.5 Å². The monoisotopic (exact) mass is 255 g/mol. The normalized spacial score (nSPS) is 10.1. The summed E-state index contributed by atoms with van der Waals surface area (Å²) in [6, 6.07) is 15.3. The predicted octanol–water partition coefficient (Wildman–Crippen LogP) is 3.67. The Morgan fingerprint density at radius 3 is 2.21 bits per heavy atom. The van der Waals surface area contributed by atoms with Crippen molar-refractivity contribution in [2.24, 2.45) is 0 Å². The largest absolute Gasteiger partial charge is 0.495 e. The predicted molar refractivity (Wildman–Crippen MR) is 77.5 cm³/mol. The second kappa shape index (κ2) is 5.57. The summed E-state index contributed by atoms with van der Waals surface area (Å²) in [5.74, 6) is 0.834. The smallest absolute Gasteiger partial charge is 0.161 e. The van der Waals surface area contributed by atoms with Crippen LogP contribution in [0.4, 0.5) is 11.4 Å². The average molecular weight is 255 g/mol. The molecule has 2 aromatic carbocycles. The Kier molecular flexibility index (Phi) is 3.85. The van der Waals surface area contributed by atoms with Gasteiger partial charge in [0.25, 0.3) is 0 Å². The van der Waals surface area contributed by atoms with Crippen LogP contribution < -0.4 is 9.64 Å². The summed E-state index contributed by atoms with van der Waals surface area (Å²) in [7, 11) is 3.57. The van der Waals surface area contributed by atoms with Crippen molar-refractivity contribution in [1.29, 1.82) is 0 Å². The highest BCUT2D eigenvalue weighted by molar-refractivity contribution is 6.00. The molecule has 0 aliphatic carbocycles. The van der Waals surface area contributed by atoms with Crippen molar-refractivity contribution in [2.75, 3.05) is 19.1 Å². The number of Topliss-reactive ketones (excluding diaryl/α,β-unsaturated/α-hetero) is 1. The van der Waals surface area contributed by atoms with Crippen LogP contribution in [-0.4, -0.2) is 19.9 Å². The summed E-state index contributed by atoms with van der Waals surface area (Å²) in [4.78, 5) is 13.7. The molecule has 0 unspecified atom stereocenters. The zero-order chi connectivity index (χ0) is 13.8. The molecule has 0 N–H and O–H groups in total. The Morgan fingerprint density at radius 1 is 1.00 bits per heavy atom. The second-order valence-corrected chi connectivity index (χ2v) is 4.30. The number of para-hydroxylation sites is 3. The molecule has 0 aliphatic heterocycles. The molecule has 0 saturated carbocycles. The van der Waals surface area contributed by atoms with Crippen LogP contribution in [0.15, 0.2) is 48.5 Å². The maximum Gasteiger partial charge on any atom is 0.161 e. The Labute approximate surface area is 113 Å². The van der Waals surface area contributed by atoms with Crippen LogP contribution in [-0.2, 0) is 0 Å². The van der Waals surface area contributed by atoms with Crippen LogP contribution in [0, 0.1) is 0 Å². The average Bonchev–Trinajstić information content (AvgIpc) is 2.46. The Hall–Kier alpha value is -2.29. The van der Waals surface area contributed by atoms with Crippen molar-refractivity contribution < 1.29 is 9.53 Å². The van der Waals surface area contributed by atoms with Crippen molar-refractivity contribution in [3.63, 3.8) is 0 Å². The minimum atomic E-state index is 0.0531. The van der Waals surface area contributed by atoms with Gasteiger partial charge >= 0.3 is 0 Å². The van der Waals surface area contributed by atoms with Crippen LogP contribution in [0.2, 0.25) is 0 Å². The maximum atomic E-state index is 11.7. The molecule has 0 radical (unpaired) electrons. The highest BCUT2D eigenvalue weighted by atomic mass is 16.5. The molecule has 19 heavy (non-hydrogen) atoms. The van der Waals surface area contributed by atoms with Crippen molar-refractivity contribution in [3.8, 4) is 5.75 Å². The van der Waals surface area contributed by atoms with Gasteiger partial charge in [0.05, 0.1) is 18.5 Å². The summed E-state index contributed by atoms with van der Waals surface area (Å²) >= 11 is 0. The van der Waals surface area contributed by atoms with E-state index in [1.807, 2.05) is 60.5 Å². The minimum Gasteiger partial charge on any atom is -0.495 e. The van der Waals surface area contributed by atoms with E-state index >= 15 is 0 Å². The first kappa shape index (κ1) is 13.1. The lowest BCUT2D eigenvalue weighted by atomic mass is 10.1. The number of ketones is 1. The van der Waals surface area contributed by atoms with Gasteiger partial charge in [-0.15, -0.1) is 0 Å². The van der Waals surface area contributed by atoms with Gasteiger partial charge in [0.2, 0.25) is 0 Å². The van der Waals surface area contributed by atoms with Gasteiger partial charge < -0.3 is 9.64 Å². The number of carbonyl (C=O) groups excluding carboxylic acids is 1. The molecule has 0 heterocycles. The van der Waals surface area contributed by atoms with Gasteiger partial charge in [-0.2, -0.15) is 0 Å². The number of rotatable bonds is 4. The fourth-order valence-corrected chi connectivity index (χ4v) is 2.10. The van der Waals surface area contributed by atoms with Crippen molar-refractivity contribution in [1.82, 2.24) is 0 Å². The molecular formula is C16H17NO2. The number of anilines is 2. The zero-order valence-electron chi connectivity index (χ0n) is 11.4. The first-order valence-electron chi connectivity index (χ1n) is 6.12. The van der Waals surface area contributed by atoms with Gasteiger partial charge in [0, 0.05) is 12.6 Å². The summed E-state index contributed by atoms with van der Waals surface area (Å²) in [6.07, 6.45) is 0. The quantitative estimate of drug-likeness (QED) is 0.781. The molecule has 0 fully saturated rings. The van der Waals surface area contributed by atoms with Crippen LogP contribution >= 0.6 is 0 Å². The van der Waals surface area contributed by atoms with Crippen LogP contribution in [0.5, 0.6) is 5.75 Å². The number of hydrogen-bond acceptors (Lipinski definition) is 3. The summed E-state index contributed by atoms with van der Waals surface area (Å²) < 4.78 is 5.36. The van der Waals surface area contributed by atoms with Gasteiger partial charge in [-0.1, -0.05) is 24.3 Å². The highest BCUT2D eigenvalue weighted by Gasteiger charge is 2.14. The molecule has 98 valence electrons. The van der Waals surface area contributed by atoms with E-state index in [0.29, 0.717) is 5.56 Å². The summed E-state index contributed by atoms with van der Waals surface area (Å²) in [6.45, 7) is 1.58. The third-order valence-corrected chi connectivity index (χ3v) is 3.09. The van der Waals surface area contributed by atoms with Crippen molar-refractivity contribution in [3.05, 3.63) is 54.1 Å². The number of nitrogens with zero attached hydrogens (tertiary/aromatic N) is 1. The van der Waals surface area contributed by atoms with Crippen molar-refractivity contribution >= 4 is 17.2 Å². The number of methoxy groups -OCH3 is 1. The van der Waals surface area contributed by atoms with E-state index < -0.39 is 0 Å². The molecule has 2 aromatic rings. The van der Waals surface area contributed by atoms with E-state index in [2.05, 4.69) is 0 Å². The lowest BCUT2D eigenvalue weighted by Gasteiger charge is -2.23. The number of carbonyl (C=O) groups is 1. The fraction of sp³-hybridized carbons (Fsp3) is 0.188. The van der Waals surface area contributed by atoms with Crippen LogP contribution in [0.3, 0.4) is 0 Å². The fourth-order valence-electron chi connectivity index (χ4n) is 2.10. The molecule has 0 amide bonds. The van der Waals surface area contributed by atoms with E-state index in [-0.39, 0.29) is 5.78 Å². The molecule has 3 nitrogen and oxygen atoms in total. The minimum absolute atomic E-state index is 0.0531.